The van der Waals surface area contributed by atoms with Gasteiger partial charge in [-0.05, 0) is 52.9 Å². The Morgan fingerprint density at radius 3 is 2.74 bits per heavy atom. The summed E-state index contributed by atoms with van der Waals surface area (Å²) in [7, 11) is 0. The largest absolute Gasteiger partial charge is 0.463 e. The molecule has 0 radical (unpaired) electrons. The number of hydrogen-bond donors (Lipinski definition) is 2. The van der Waals surface area contributed by atoms with Gasteiger partial charge < -0.3 is 15.4 Å². The van der Waals surface area contributed by atoms with E-state index >= 15 is 0 Å². The zero-order chi connectivity index (χ0) is 16.2. The zero-order valence-corrected chi connectivity index (χ0v) is 17.0. The van der Waals surface area contributed by atoms with Crippen molar-refractivity contribution in [1.29, 1.82) is 0 Å². The number of aliphatic imine (C=N–C) groups is 1. The molecule has 0 fully saturated rings. The van der Waals surface area contributed by atoms with E-state index in [0.29, 0.717) is 13.0 Å². The maximum Gasteiger partial charge on any atom is 0.307 e. The van der Waals surface area contributed by atoms with Crippen molar-refractivity contribution in [3.63, 3.8) is 0 Å². The number of carbonyl (C=O) groups excluding carboxylic acids is 1. The normalized spacial score (nSPS) is 14.8. The second-order valence-corrected chi connectivity index (χ2v) is 5.83. The third-order valence-electron chi connectivity index (χ3n) is 3.42. The van der Waals surface area contributed by atoms with Gasteiger partial charge in [0.2, 0.25) is 0 Å². The summed E-state index contributed by atoms with van der Waals surface area (Å²) in [6.45, 7) is 7.88. The first kappa shape index (κ1) is 22.2. The zero-order valence-electron chi connectivity index (χ0n) is 14.7. The second-order valence-electron chi connectivity index (χ2n) is 5.83. The SMILES string of the molecule is CCNC(=NCCC(=O)OC(C)C)NCCC1=CCCCC1.I. The lowest BCUT2D eigenvalue weighted by atomic mass is 9.97. The van der Waals surface area contributed by atoms with Gasteiger partial charge in [0.15, 0.2) is 5.96 Å². The Morgan fingerprint density at radius 2 is 2.13 bits per heavy atom. The molecule has 6 heteroatoms. The van der Waals surface area contributed by atoms with Crippen molar-refractivity contribution in [3.05, 3.63) is 11.6 Å². The summed E-state index contributed by atoms with van der Waals surface area (Å²) in [5.41, 5.74) is 1.55. The van der Waals surface area contributed by atoms with Crippen molar-refractivity contribution in [2.45, 2.75) is 65.4 Å². The predicted molar refractivity (Wildman–Crippen MR) is 106 cm³/mol. The maximum absolute atomic E-state index is 11.5. The van der Waals surface area contributed by atoms with Crippen molar-refractivity contribution >= 4 is 35.9 Å². The van der Waals surface area contributed by atoms with Gasteiger partial charge in [-0.1, -0.05) is 11.6 Å². The van der Waals surface area contributed by atoms with Crippen molar-refractivity contribution in [1.82, 2.24) is 10.6 Å². The van der Waals surface area contributed by atoms with E-state index in [2.05, 4.69) is 21.7 Å². The summed E-state index contributed by atoms with van der Waals surface area (Å²) in [6.07, 6.45) is 8.80. The highest BCUT2D eigenvalue weighted by molar-refractivity contribution is 14.0. The molecule has 1 rings (SSSR count). The molecule has 0 saturated heterocycles. The van der Waals surface area contributed by atoms with E-state index in [4.69, 9.17) is 4.74 Å². The number of guanidine groups is 1. The molecule has 134 valence electrons. The predicted octanol–water partition coefficient (Wildman–Crippen LogP) is 3.39. The van der Waals surface area contributed by atoms with Crippen LogP contribution in [0.15, 0.2) is 16.6 Å². The van der Waals surface area contributed by atoms with Crippen LogP contribution in [0.3, 0.4) is 0 Å². The van der Waals surface area contributed by atoms with Crippen molar-refractivity contribution in [2.75, 3.05) is 19.6 Å². The van der Waals surface area contributed by atoms with Crippen LogP contribution in [0, 0.1) is 0 Å². The number of halogens is 1. The number of nitrogens with zero attached hydrogens (tertiary/aromatic N) is 1. The van der Waals surface area contributed by atoms with Crippen LogP contribution < -0.4 is 10.6 Å². The Bertz CT molecular complexity index is 395. The Morgan fingerprint density at radius 1 is 1.35 bits per heavy atom. The summed E-state index contributed by atoms with van der Waals surface area (Å²) in [4.78, 5) is 15.9. The third-order valence-corrected chi connectivity index (χ3v) is 3.42. The molecule has 0 aliphatic heterocycles. The van der Waals surface area contributed by atoms with Gasteiger partial charge in [0, 0.05) is 13.1 Å². The van der Waals surface area contributed by atoms with Gasteiger partial charge in [-0.2, -0.15) is 0 Å². The average Bonchev–Trinajstić information content (AvgIpc) is 2.47. The number of rotatable bonds is 8. The van der Waals surface area contributed by atoms with Crippen LogP contribution in [-0.4, -0.2) is 37.7 Å². The Labute approximate surface area is 157 Å². The number of allylic oxidation sites excluding steroid dienone is 1. The molecule has 0 aromatic heterocycles. The van der Waals surface area contributed by atoms with E-state index in [1.165, 1.54) is 25.7 Å². The molecular formula is C17H32IN3O2. The van der Waals surface area contributed by atoms with E-state index in [-0.39, 0.29) is 36.0 Å². The molecule has 1 aliphatic carbocycles. The molecule has 5 nitrogen and oxygen atoms in total. The first-order valence-corrected chi connectivity index (χ1v) is 8.51. The van der Waals surface area contributed by atoms with E-state index in [1.54, 1.807) is 5.57 Å². The fourth-order valence-corrected chi connectivity index (χ4v) is 2.40. The average molecular weight is 437 g/mol. The highest BCUT2D eigenvalue weighted by atomic mass is 127. The molecular weight excluding hydrogens is 405 g/mol. The first-order chi connectivity index (χ1) is 10.6. The lowest BCUT2D eigenvalue weighted by Gasteiger charge is -2.15. The van der Waals surface area contributed by atoms with Crippen LogP contribution in [0.5, 0.6) is 0 Å². The second kappa shape index (κ2) is 13.6. The number of esters is 1. The van der Waals surface area contributed by atoms with E-state index in [9.17, 15) is 4.79 Å². The van der Waals surface area contributed by atoms with Crippen molar-refractivity contribution in [2.24, 2.45) is 4.99 Å². The molecule has 1 aliphatic rings. The quantitative estimate of drug-likeness (QED) is 0.201. The summed E-state index contributed by atoms with van der Waals surface area (Å²) in [6, 6.07) is 0. The van der Waals surface area contributed by atoms with Crippen LogP contribution in [0.1, 0.15) is 59.3 Å². The van der Waals surface area contributed by atoms with Crippen molar-refractivity contribution in [3.8, 4) is 0 Å². The van der Waals surface area contributed by atoms with E-state index in [0.717, 1.165) is 25.5 Å². The molecule has 0 aromatic carbocycles. The minimum absolute atomic E-state index is 0. The Kier molecular flexibility index (Phi) is 13.2. The fraction of sp³-hybridized carbons (Fsp3) is 0.765. The topological polar surface area (TPSA) is 62.7 Å². The highest BCUT2D eigenvalue weighted by Crippen LogP contribution is 2.19. The fourth-order valence-electron chi connectivity index (χ4n) is 2.40. The van der Waals surface area contributed by atoms with Crippen LogP contribution in [0.25, 0.3) is 0 Å². The number of ether oxygens (including phenoxy) is 1. The standard InChI is InChI=1S/C17H31N3O2.HI/c1-4-18-17(20-13-11-16(21)22-14(2)3)19-12-10-15-8-6-5-7-9-15;/h8,14H,4-7,9-13H2,1-3H3,(H2,18,19,20);1H. The molecule has 0 bridgehead atoms. The summed E-state index contributed by atoms with van der Waals surface area (Å²) >= 11 is 0. The van der Waals surface area contributed by atoms with Gasteiger partial charge >= 0.3 is 5.97 Å². The lowest BCUT2D eigenvalue weighted by molar-refractivity contribution is -0.147. The molecule has 0 unspecified atom stereocenters. The molecule has 23 heavy (non-hydrogen) atoms. The number of nitrogens with one attached hydrogen (secondary N) is 2. The van der Waals surface area contributed by atoms with E-state index < -0.39 is 0 Å². The molecule has 2 N–H and O–H groups in total. The smallest absolute Gasteiger partial charge is 0.307 e. The molecule has 0 atom stereocenters. The van der Waals surface area contributed by atoms with Gasteiger partial charge in [-0.15, -0.1) is 24.0 Å². The van der Waals surface area contributed by atoms with Crippen LogP contribution >= 0.6 is 24.0 Å². The van der Waals surface area contributed by atoms with Crippen LogP contribution in [0.4, 0.5) is 0 Å². The summed E-state index contributed by atoms with van der Waals surface area (Å²) < 4.78 is 5.10. The minimum atomic E-state index is -0.193. The first-order valence-electron chi connectivity index (χ1n) is 8.51. The monoisotopic (exact) mass is 437 g/mol. The number of carbonyl (C=O) groups is 1. The minimum Gasteiger partial charge on any atom is -0.463 e. The van der Waals surface area contributed by atoms with Crippen molar-refractivity contribution < 1.29 is 9.53 Å². The molecule has 0 amide bonds. The summed E-state index contributed by atoms with van der Waals surface area (Å²) in [5.74, 6) is 0.582. The highest BCUT2D eigenvalue weighted by Gasteiger charge is 2.06. The van der Waals surface area contributed by atoms with E-state index in [1.807, 2.05) is 20.8 Å². The van der Waals surface area contributed by atoms with Gasteiger partial charge in [0.1, 0.15) is 0 Å². The maximum atomic E-state index is 11.5. The Balaban J connectivity index is 0.00000484. The lowest BCUT2D eigenvalue weighted by Crippen LogP contribution is -2.38. The molecule has 0 spiro atoms. The Hall–Kier alpha value is -0.790. The third kappa shape index (κ3) is 11.4. The molecule has 0 heterocycles. The van der Waals surface area contributed by atoms with Gasteiger partial charge in [0.05, 0.1) is 19.1 Å². The molecule has 0 aromatic rings. The van der Waals surface area contributed by atoms with Gasteiger partial charge in [-0.25, -0.2) is 0 Å². The van der Waals surface area contributed by atoms with Gasteiger partial charge in [-0.3, -0.25) is 9.79 Å². The number of hydrogen-bond acceptors (Lipinski definition) is 3. The van der Waals surface area contributed by atoms with Crippen LogP contribution in [-0.2, 0) is 9.53 Å². The van der Waals surface area contributed by atoms with Gasteiger partial charge in [0.25, 0.3) is 0 Å². The summed E-state index contributed by atoms with van der Waals surface area (Å²) in [5, 5.41) is 6.53. The van der Waals surface area contributed by atoms with Crippen LogP contribution in [0.2, 0.25) is 0 Å². The molecule has 0 saturated carbocycles.